The molecule has 5 fully saturated rings. The van der Waals surface area contributed by atoms with Crippen molar-refractivity contribution >= 4 is 40.5 Å². The van der Waals surface area contributed by atoms with E-state index in [0.29, 0.717) is 84.7 Å². The SMILES string of the molecule is CCn1c(-c2cccnc2[C@H](C)OC)c2c3cc(ccc31)-c1cccc(c1)C[C@H](NC(=O)[C@H](C(C)C)N1CC[C@@]3(CCN(C(=O)C#C[C@@H]4COCCN4C4COC4)C3)C1=O)C(=O)N1CCC[C@H](N1)C(=O)OCC(C)(C)C2. The van der Waals surface area contributed by atoms with Crippen molar-refractivity contribution < 1.29 is 42.9 Å². The standard InChI is InChI=1S/C59H74N8O9/c1-8-64-49-18-16-41-30-45(49)46(53(64)44-14-10-22-60-51(44)38(4)73-7)31-58(5,6)36-76-56(71)47-15-11-23-67(62-47)55(70)48(29-39-12-9-13-40(41)28-39)61-54(69)52(37(2)3)66-25-21-59(57(66)72)20-24-63(35-59)50(68)19-17-42-32-74-27-26-65(42)43-33-75-34-43/h9-10,12-14,16,18,22,28,30,37-38,42-43,47-48,52,62H,8,11,15,20-21,23-27,29,31-36H2,1-7H3,(H,61,69)/t38-,42+,47-,48-,52-,59+/m0/s1. The van der Waals surface area contributed by atoms with Crippen molar-refractivity contribution in [3.8, 4) is 34.2 Å². The zero-order valence-electron chi connectivity index (χ0n) is 45.2. The van der Waals surface area contributed by atoms with Crippen LogP contribution in [0.25, 0.3) is 33.3 Å². The monoisotopic (exact) mass is 1040 g/mol. The Balaban J connectivity index is 0.940. The van der Waals surface area contributed by atoms with Crippen LogP contribution in [0.1, 0.15) is 90.2 Å². The van der Waals surface area contributed by atoms with Crippen molar-refractivity contribution in [2.45, 2.75) is 123 Å². The largest absolute Gasteiger partial charge is 0.464 e. The van der Waals surface area contributed by atoms with Crippen LogP contribution in [0, 0.1) is 28.6 Å². The second-order valence-electron chi connectivity index (χ2n) is 22.8. The molecular weight excluding hydrogens is 965 g/mol. The Morgan fingerprint density at radius 1 is 0.961 bits per heavy atom. The molecule has 0 aliphatic carbocycles. The second-order valence-corrected chi connectivity index (χ2v) is 22.8. The number of methoxy groups -OCH3 is 1. The topological polar surface area (TPSA) is 177 Å². The van der Waals surface area contributed by atoms with Gasteiger partial charge in [0.15, 0.2) is 0 Å². The van der Waals surface area contributed by atoms with E-state index in [4.69, 9.17) is 23.9 Å². The Bertz CT molecular complexity index is 2940. The molecule has 4 aromatic rings. The molecular formula is C59H74N8O9. The Morgan fingerprint density at radius 2 is 1.76 bits per heavy atom. The minimum Gasteiger partial charge on any atom is -0.464 e. The Kier molecular flexibility index (Phi) is 15.5. The van der Waals surface area contributed by atoms with Gasteiger partial charge in [-0.1, -0.05) is 63.9 Å². The van der Waals surface area contributed by atoms with E-state index in [2.05, 4.69) is 89.2 Å². The number of morpholine rings is 1. The van der Waals surface area contributed by atoms with Crippen LogP contribution in [0.4, 0.5) is 0 Å². The third-order valence-corrected chi connectivity index (χ3v) is 16.7. The van der Waals surface area contributed by atoms with Crippen molar-refractivity contribution in [2.24, 2.45) is 16.7 Å². The average Bonchev–Trinajstić information content (AvgIpc) is 4.09. The lowest BCUT2D eigenvalue weighted by atomic mass is 9.84. The van der Waals surface area contributed by atoms with E-state index in [1.165, 1.54) is 5.01 Å². The number of nitrogens with one attached hydrogen (secondary N) is 2. The molecule has 17 heteroatoms. The third-order valence-electron chi connectivity index (χ3n) is 16.7. The van der Waals surface area contributed by atoms with Gasteiger partial charge < -0.3 is 38.6 Å². The van der Waals surface area contributed by atoms with Crippen molar-refractivity contribution in [3.05, 3.63) is 77.6 Å². The summed E-state index contributed by atoms with van der Waals surface area (Å²) < 4.78 is 25.5. The van der Waals surface area contributed by atoms with Crippen molar-refractivity contribution in [2.75, 3.05) is 72.9 Å². The zero-order chi connectivity index (χ0) is 53.5. The number of rotatable bonds is 9. The van der Waals surface area contributed by atoms with Crippen molar-refractivity contribution in [1.82, 2.24) is 40.0 Å². The van der Waals surface area contributed by atoms with Gasteiger partial charge in [0, 0.05) is 80.9 Å². The number of hydrazine groups is 1. The summed E-state index contributed by atoms with van der Waals surface area (Å²) in [4.78, 5) is 82.6. The molecule has 1 spiro atoms. The van der Waals surface area contributed by atoms with Gasteiger partial charge in [-0.2, -0.15) is 0 Å². The number of likely N-dealkylation sites (tertiary alicyclic amines) is 2. The molecule has 2 aromatic heterocycles. The zero-order valence-corrected chi connectivity index (χ0v) is 45.2. The molecule has 76 heavy (non-hydrogen) atoms. The van der Waals surface area contributed by atoms with Gasteiger partial charge >= 0.3 is 5.97 Å². The summed E-state index contributed by atoms with van der Waals surface area (Å²) >= 11 is 0. The minimum atomic E-state index is -1.06. The molecule has 5 saturated heterocycles. The number of carbonyl (C=O) groups is 5. The van der Waals surface area contributed by atoms with E-state index >= 15 is 0 Å². The highest BCUT2D eigenvalue weighted by molar-refractivity contribution is 5.98. The van der Waals surface area contributed by atoms with Gasteiger partial charge in [-0.05, 0) is 104 Å². The number of hydrogen-bond acceptors (Lipinski definition) is 12. The second kappa shape index (κ2) is 22.1. The molecule has 10 rings (SSSR count). The minimum absolute atomic E-state index is 0.131. The van der Waals surface area contributed by atoms with E-state index in [1.54, 1.807) is 23.1 Å². The maximum atomic E-state index is 14.9. The number of esters is 1. The smallest absolute Gasteiger partial charge is 0.324 e. The molecule has 6 atom stereocenters. The number of carbonyl (C=O) groups excluding carboxylic acids is 5. The van der Waals surface area contributed by atoms with E-state index in [1.807, 2.05) is 39.0 Å². The maximum Gasteiger partial charge on any atom is 0.324 e. The molecule has 8 heterocycles. The first-order chi connectivity index (χ1) is 36.6. The molecule has 4 amide bonds. The van der Waals surface area contributed by atoms with Crippen LogP contribution in [0.3, 0.4) is 0 Å². The summed E-state index contributed by atoms with van der Waals surface area (Å²) in [7, 11) is 1.69. The summed E-state index contributed by atoms with van der Waals surface area (Å²) in [6, 6.07) is 16.0. The summed E-state index contributed by atoms with van der Waals surface area (Å²) in [5.41, 5.74) is 9.65. The van der Waals surface area contributed by atoms with Gasteiger partial charge in [0.1, 0.15) is 18.1 Å². The molecule has 6 aliphatic rings. The summed E-state index contributed by atoms with van der Waals surface area (Å²) in [5, 5.41) is 5.67. The summed E-state index contributed by atoms with van der Waals surface area (Å²) in [6.07, 6.45) is 4.24. The van der Waals surface area contributed by atoms with Crippen molar-refractivity contribution in [1.29, 1.82) is 0 Å². The lowest BCUT2D eigenvalue weighted by Crippen LogP contribution is -2.62. The van der Waals surface area contributed by atoms with Gasteiger partial charge in [-0.15, -0.1) is 0 Å². The fourth-order valence-electron chi connectivity index (χ4n) is 12.4. The predicted molar refractivity (Wildman–Crippen MR) is 286 cm³/mol. The van der Waals surface area contributed by atoms with Gasteiger partial charge in [-0.25, -0.2) is 5.43 Å². The molecule has 404 valence electrons. The molecule has 0 unspecified atom stereocenters. The third kappa shape index (κ3) is 10.5. The first-order valence-corrected chi connectivity index (χ1v) is 27.4. The number of amides is 4. The highest BCUT2D eigenvalue weighted by Gasteiger charge is 2.54. The van der Waals surface area contributed by atoms with Crippen LogP contribution in [0.2, 0.25) is 0 Å². The number of benzene rings is 2. The van der Waals surface area contributed by atoms with Gasteiger partial charge in [-0.3, -0.25) is 38.9 Å². The molecule has 2 N–H and O–H groups in total. The molecule has 0 radical (unpaired) electrons. The normalized spacial score (nSPS) is 25.2. The van der Waals surface area contributed by atoms with Gasteiger partial charge in [0.25, 0.3) is 11.8 Å². The first kappa shape index (κ1) is 53.2. The number of cyclic esters (lactones) is 1. The number of aromatic nitrogens is 2. The molecule has 6 aliphatic heterocycles. The number of fused-ring (bicyclic) bond motifs is 6. The lowest BCUT2D eigenvalue weighted by molar-refractivity contribution is -0.155. The highest BCUT2D eigenvalue weighted by atomic mass is 16.5. The predicted octanol–water partition coefficient (Wildman–Crippen LogP) is 5.32. The van der Waals surface area contributed by atoms with Crippen LogP contribution < -0.4 is 10.7 Å². The highest BCUT2D eigenvalue weighted by Crippen LogP contribution is 2.44. The Morgan fingerprint density at radius 3 is 2.53 bits per heavy atom. The Labute approximate surface area is 446 Å². The van der Waals surface area contributed by atoms with Gasteiger partial charge in [0.2, 0.25) is 11.8 Å². The maximum absolute atomic E-state index is 14.9. The molecule has 6 bridgehead atoms. The number of nitrogens with zero attached hydrogens (tertiary/aromatic N) is 6. The van der Waals surface area contributed by atoms with E-state index in [-0.39, 0.29) is 55.5 Å². The van der Waals surface area contributed by atoms with Crippen LogP contribution in [0.15, 0.2) is 60.8 Å². The van der Waals surface area contributed by atoms with Crippen LogP contribution in [-0.2, 0) is 62.3 Å². The number of aryl methyl sites for hydroxylation is 1. The Hall–Kier alpha value is -6.16. The molecule has 17 nitrogen and oxygen atoms in total. The van der Waals surface area contributed by atoms with Crippen LogP contribution >= 0.6 is 0 Å². The summed E-state index contributed by atoms with van der Waals surface area (Å²) in [5.74, 6) is 3.95. The lowest BCUT2D eigenvalue weighted by Gasteiger charge is -2.42. The van der Waals surface area contributed by atoms with Crippen LogP contribution in [0.5, 0.6) is 0 Å². The van der Waals surface area contributed by atoms with Crippen LogP contribution in [-0.4, -0.2) is 162 Å². The fraction of sp³-hybridized carbons (Fsp3) is 0.559. The molecule has 2 aromatic carbocycles. The fourth-order valence-corrected chi connectivity index (χ4v) is 12.4. The number of hydrogen-bond donors (Lipinski definition) is 2. The number of ether oxygens (including phenoxy) is 4. The number of pyridine rings is 1. The van der Waals surface area contributed by atoms with Gasteiger partial charge in [0.05, 0.1) is 68.0 Å². The van der Waals surface area contributed by atoms with E-state index in [9.17, 15) is 24.0 Å². The van der Waals surface area contributed by atoms with E-state index < -0.39 is 46.7 Å². The molecule has 0 saturated carbocycles. The van der Waals surface area contributed by atoms with Crippen molar-refractivity contribution in [3.63, 3.8) is 0 Å². The quantitative estimate of drug-likeness (QED) is 0.163. The first-order valence-electron chi connectivity index (χ1n) is 27.4. The van der Waals surface area contributed by atoms with E-state index in [0.717, 1.165) is 56.7 Å². The average molecular weight is 1040 g/mol. The summed E-state index contributed by atoms with van der Waals surface area (Å²) in [6.45, 7) is 17.3.